The van der Waals surface area contributed by atoms with Crippen LogP contribution < -0.4 is 10.1 Å². The number of furan rings is 1. The molecule has 0 aliphatic rings. The number of methoxy groups -OCH3 is 1. The van der Waals surface area contributed by atoms with Crippen molar-refractivity contribution in [1.29, 1.82) is 5.26 Å². The third-order valence-electron chi connectivity index (χ3n) is 3.08. The molecule has 5 nitrogen and oxygen atoms in total. The average Bonchev–Trinajstić information content (AvgIpc) is 2.73. The zero-order chi connectivity index (χ0) is 14.7. The summed E-state index contributed by atoms with van der Waals surface area (Å²) < 4.78 is 10.4. The standard InChI is InChI=1S/C15H14N2O3/c1-9-10(2)20-15(13(9)8-16)17-14(18)11-4-6-12(19-3)7-5-11/h4-7H,1-3H3,(H,17,18). The van der Waals surface area contributed by atoms with E-state index in [9.17, 15) is 4.79 Å². The van der Waals surface area contributed by atoms with Crippen LogP contribution >= 0.6 is 0 Å². The van der Waals surface area contributed by atoms with Crippen LogP contribution in [0, 0.1) is 25.2 Å². The molecule has 0 aliphatic heterocycles. The van der Waals surface area contributed by atoms with Gasteiger partial charge in [-0.2, -0.15) is 5.26 Å². The second-order valence-corrected chi connectivity index (χ2v) is 4.28. The van der Waals surface area contributed by atoms with Crippen LogP contribution in [0.5, 0.6) is 5.75 Å². The number of anilines is 1. The number of hydrogen-bond acceptors (Lipinski definition) is 4. The summed E-state index contributed by atoms with van der Waals surface area (Å²) in [7, 11) is 1.56. The van der Waals surface area contributed by atoms with E-state index in [1.807, 2.05) is 6.07 Å². The summed E-state index contributed by atoms with van der Waals surface area (Å²) in [5, 5.41) is 11.7. The van der Waals surface area contributed by atoms with Crippen molar-refractivity contribution < 1.29 is 13.9 Å². The summed E-state index contributed by atoms with van der Waals surface area (Å²) >= 11 is 0. The summed E-state index contributed by atoms with van der Waals surface area (Å²) in [4.78, 5) is 12.1. The quantitative estimate of drug-likeness (QED) is 0.930. The number of benzene rings is 1. The van der Waals surface area contributed by atoms with Crippen molar-refractivity contribution in [2.24, 2.45) is 0 Å². The number of hydrogen-bond donors (Lipinski definition) is 1. The Morgan fingerprint density at radius 2 is 1.95 bits per heavy atom. The van der Waals surface area contributed by atoms with Gasteiger partial charge in [-0.25, -0.2) is 0 Å². The van der Waals surface area contributed by atoms with Gasteiger partial charge in [-0.15, -0.1) is 0 Å². The molecule has 0 bridgehead atoms. The van der Waals surface area contributed by atoms with Gasteiger partial charge in [-0.1, -0.05) is 0 Å². The Morgan fingerprint density at radius 3 is 2.50 bits per heavy atom. The number of nitrogens with one attached hydrogen (secondary N) is 1. The highest BCUT2D eigenvalue weighted by molar-refractivity contribution is 6.04. The van der Waals surface area contributed by atoms with Gasteiger partial charge in [0.25, 0.3) is 5.91 Å². The van der Waals surface area contributed by atoms with E-state index in [1.165, 1.54) is 0 Å². The zero-order valence-corrected chi connectivity index (χ0v) is 11.5. The molecule has 1 N–H and O–H groups in total. The summed E-state index contributed by atoms with van der Waals surface area (Å²) in [5.74, 6) is 1.14. The minimum atomic E-state index is -0.335. The number of aryl methyl sites for hydroxylation is 1. The lowest BCUT2D eigenvalue weighted by Gasteiger charge is -2.04. The average molecular weight is 270 g/mol. The first-order valence-corrected chi connectivity index (χ1v) is 6.02. The van der Waals surface area contributed by atoms with Gasteiger partial charge in [0.05, 0.1) is 7.11 Å². The predicted molar refractivity (Wildman–Crippen MR) is 73.8 cm³/mol. The second kappa shape index (κ2) is 5.49. The zero-order valence-electron chi connectivity index (χ0n) is 11.5. The van der Waals surface area contributed by atoms with Crippen LogP contribution in [0.3, 0.4) is 0 Å². The fourth-order valence-electron chi connectivity index (χ4n) is 1.77. The molecule has 0 spiro atoms. The third-order valence-corrected chi connectivity index (χ3v) is 3.08. The molecule has 20 heavy (non-hydrogen) atoms. The van der Waals surface area contributed by atoms with Crippen molar-refractivity contribution in [3.05, 3.63) is 46.7 Å². The number of rotatable bonds is 3. The lowest BCUT2D eigenvalue weighted by Crippen LogP contribution is -2.12. The molecule has 1 heterocycles. The second-order valence-electron chi connectivity index (χ2n) is 4.28. The van der Waals surface area contributed by atoms with Crippen LogP contribution in [-0.2, 0) is 0 Å². The fourth-order valence-corrected chi connectivity index (χ4v) is 1.77. The van der Waals surface area contributed by atoms with Crippen molar-refractivity contribution in [2.45, 2.75) is 13.8 Å². The molecule has 2 rings (SSSR count). The molecular formula is C15H14N2O3. The molecule has 1 aromatic heterocycles. The number of carbonyl (C=O) groups excluding carboxylic acids is 1. The van der Waals surface area contributed by atoms with Crippen molar-refractivity contribution in [3.63, 3.8) is 0 Å². The largest absolute Gasteiger partial charge is 0.497 e. The van der Waals surface area contributed by atoms with Gasteiger partial charge < -0.3 is 9.15 Å². The molecular weight excluding hydrogens is 256 g/mol. The van der Waals surface area contributed by atoms with Gasteiger partial charge in [0.15, 0.2) is 0 Å². The van der Waals surface area contributed by atoms with Crippen LogP contribution in [0.25, 0.3) is 0 Å². The summed E-state index contributed by atoms with van der Waals surface area (Å²) in [5.41, 5.74) is 1.54. The Bertz CT molecular complexity index is 678. The highest BCUT2D eigenvalue weighted by Gasteiger charge is 2.17. The predicted octanol–water partition coefficient (Wildman–Crippen LogP) is 3.03. The molecule has 5 heteroatoms. The summed E-state index contributed by atoms with van der Waals surface area (Å²) in [6.45, 7) is 3.53. The Balaban J connectivity index is 2.23. The van der Waals surface area contributed by atoms with Crippen LogP contribution in [0.15, 0.2) is 28.7 Å². The van der Waals surface area contributed by atoms with Gasteiger partial charge in [0, 0.05) is 11.1 Å². The van der Waals surface area contributed by atoms with Gasteiger partial charge in [0.2, 0.25) is 5.88 Å². The maximum absolute atomic E-state index is 12.1. The fraction of sp³-hybridized carbons (Fsp3) is 0.200. The van der Waals surface area contributed by atoms with E-state index in [0.717, 1.165) is 5.56 Å². The van der Waals surface area contributed by atoms with E-state index in [-0.39, 0.29) is 11.8 Å². The van der Waals surface area contributed by atoms with Crippen LogP contribution in [0.4, 0.5) is 5.88 Å². The minimum Gasteiger partial charge on any atom is -0.497 e. The minimum absolute atomic E-state index is 0.184. The normalized spacial score (nSPS) is 9.90. The van der Waals surface area contributed by atoms with E-state index < -0.39 is 0 Å². The van der Waals surface area contributed by atoms with Crippen molar-refractivity contribution >= 4 is 11.8 Å². The van der Waals surface area contributed by atoms with Crippen molar-refractivity contribution in [3.8, 4) is 11.8 Å². The Kier molecular flexibility index (Phi) is 3.76. The third kappa shape index (κ3) is 2.50. The first kappa shape index (κ1) is 13.7. The molecule has 0 saturated heterocycles. The Labute approximate surface area is 116 Å². The number of carbonyl (C=O) groups is 1. The monoisotopic (exact) mass is 270 g/mol. The van der Waals surface area contributed by atoms with Gasteiger partial charge in [0.1, 0.15) is 23.1 Å². The molecule has 0 aliphatic carbocycles. The first-order chi connectivity index (χ1) is 9.56. The number of ether oxygens (including phenoxy) is 1. The molecule has 0 radical (unpaired) electrons. The van der Waals surface area contributed by atoms with Crippen molar-refractivity contribution in [2.75, 3.05) is 12.4 Å². The Hall–Kier alpha value is -2.74. The molecule has 0 fully saturated rings. The smallest absolute Gasteiger partial charge is 0.258 e. The van der Waals surface area contributed by atoms with Crippen molar-refractivity contribution in [1.82, 2.24) is 0 Å². The van der Waals surface area contributed by atoms with Gasteiger partial charge in [-0.05, 0) is 38.1 Å². The van der Waals surface area contributed by atoms with Gasteiger partial charge in [-0.3, -0.25) is 10.1 Å². The SMILES string of the molecule is COc1ccc(C(=O)Nc2oc(C)c(C)c2C#N)cc1. The molecule has 0 unspecified atom stereocenters. The lowest BCUT2D eigenvalue weighted by molar-refractivity contribution is 0.102. The van der Waals surface area contributed by atoms with E-state index in [4.69, 9.17) is 14.4 Å². The van der Waals surface area contributed by atoms with E-state index in [0.29, 0.717) is 22.6 Å². The number of nitrogens with zero attached hydrogens (tertiary/aromatic N) is 1. The Morgan fingerprint density at radius 1 is 1.30 bits per heavy atom. The molecule has 1 amide bonds. The first-order valence-electron chi connectivity index (χ1n) is 6.02. The maximum atomic E-state index is 12.1. The summed E-state index contributed by atoms with van der Waals surface area (Å²) in [6, 6.07) is 8.70. The number of nitriles is 1. The summed E-state index contributed by atoms with van der Waals surface area (Å²) in [6.07, 6.45) is 0. The molecule has 1 aromatic carbocycles. The topological polar surface area (TPSA) is 75.3 Å². The highest BCUT2D eigenvalue weighted by Crippen LogP contribution is 2.25. The molecule has 0 saturated carbocycles. The molecule has 0 atom stereocenters. The van der Waals surface area contributed by atoms with E-state index in [1.54, 1.807) is 45.2 Å². The van der Waals surface area contributed by atoms with Gasteiger partial charge >= 0.3 is 0 Å². The highest BCUT2D eigenvalue weighted by atomic mass is 16.5. The molecule has 2 aromatic rings. The van der Waals surface area contributed by atoms with Crippen LogP contribution in [0.2, 0.25) is 0 Å². The molecule has 102 valence electrons. The number of amides is 1. The lowest BCUT2D eigenvalue weighted by atomic mass is 10.1. The van der Waals surface area contributed by atoms with Crippen LogP contribution in [-0.4, -0.2) is 13.0 Å². The van der Waals surface area contributed by atoms with E-state index in [2.05, 4.69) is 5.32 Å². The van der Waals surface area contributed by atoms with Crippen LogP contribution in [0.1, 0.15) is 27.2 Å². The van der Waals surface area contributed by atoms with E-state index >= 15 is 0 Å². The maximum Gasteiger partial charge on any atom is 0.258 e.